The number of hydrogen-bond donors (Lipinski definition) is 1. The van der Waals surface area contributed by atoms with Crippen LogP contribution in [0.2, 0.25) is 0 Å². The molecule has 1 aliphatic heterocycles. The van der Waals surface area contributed by atoms with E-state index in [1.54, 1.807) is 6.92 Å². The van der Waals surface area contributed by atoms with Crippen LogP contribution in [0.5, 0.6) is 17.2 Å². The molecule has 1 N–H and O–H groups in total. The number of carbonyl (C=O) groups is 3. The van der Waals surface area contributed by atoms with Crippen LogP contribution in [0.15, 0.2) is 60.8 Å². The van der Waals surface area contributed by atoms with Gasteiger partial charge in [0.15, 0.2) is 17.2 Å². The number of ether oxygens (including phenoxy) is 5. The number of rotatable bonds is 11. The van der Waals surface area contributed by atoms with Gasteiger partial charge in [-0.3, -0.25) is 9.59 Å². The minimum Gasteiger partial charge on any atom is -0.493 e. The van der Waals surface area contributed by atoms with Crippen molar-refractivity contribution in [1.82, 2.24) is 10.3 Å². The fourth-order valence-corrected chi connectivity index (χ4v) is 5.89. The van der Waals surface area contributed by atoms with Crippen molar-refractivity contribution in [2.24, 2.45) is 11.8 Å². The summed E-state index contributed by atoms with van der Waals surface area (Å²) < 4.78 is 103. The van der Waals surface area contributed by atoms with Gasteiger partial charge in [-0.2, -0.15) is 13.2 Å². The molecule has 0 bridgehead atoms. The van der Waals surface area contributed by atoms with Gasteiger partial charge in [0.2, 0.25) is 6.79 Å². The molecule has 1 amide bonds. The average molecular weight is 727 g/mol. The standard InChI is InChI=1S/C35H36F6N2O8/c1-20-27(18-23-9-13-26(14-10-23)51-35(39,40)41)24(17-22-7-11-25(12-8-22)34(36,37)38)5-4-6-28(33(46)50-20)43-32(45)30-31(49-19-48-21(2)44)29(47-3)15-16-42-30/h7-16,20,24,27-28H,4-6,17-19H2,1-3H3,(H,43,45)/t20-,24+,27-,28-/m0/s1. The number of benzene rings is 2. The topological polar surface area (TPSA) is 122 Å². The zero-order chi connectivity index (χ0) is 37.3. The number of cyclic esters (lactones) is 1. The van der Waals surface area contributed by atoms with E-state index in [-0.39, 0.29) is 36.0 Å². The Kier molecular flexibility index (Phi) is 12.8. The molecule has 10 nitrogen and oxygen atoms in total. The zero-order valence-electron chi connectivity index (χ0n) is 27.8. The highest BCUT2D eigenvalue weighted by Crippen LogP contribution is 2.35. The first-order valence-corrected chi connectivity index (χ1v) is 15.9. The number of hydrogen-bond acceptors (Lipinski definition) is 9. The summed E-state index contributed by atoms with van der Waals surface area (Å²) in [6, 6.07) is 10.3. The predicted octanol–water partition coefficient (Wildman–Crippen LogP) is 6.84. The SMILES string of the molecule is COc1ccnc(C(=O)N[C@H]2CCC[C@H](Cc3ccc(C(F)(F)F)cc3)[C@@H](Cc3ccc(OC(F)(F)F)cc3)[C@H](C)OC2=O)c1OCOC(C)=O. The molecule has 4 atom stereocenters. The molecule has 276 valence electrons. The summed E-state index contributed by atoms with van der Waals surface area (Å²) in [6.45, 7) is 2.28. The van der Waals surface area contributed by atoms with E-state index in [1.165, 1.54) is 62.7 Å². The normalized spacial score (nSPS) is 19.8. The van der Waals surface area contributed by atoms with Gasteiger partial charge in [0.1, 0.15) is 17.9 Å². The molecule has 1 aromatic heterocycles. The largest absolute Gasteiger partial charge is 0.573 e. The summed E-state index contributed by atoms with van der Waals surface area (Å²) in [7, 11) is 1.33. The van der Waals surface area contributed by atoms with Crippen LogP contribution >= 0.6 is 0 Å². The molecule has 2 heterocycles. The van der Waals surface area contributed by atoms with Gasteiger partial charge in [-0.05, 0) is 73.9 Å². The maximum absolute atomic E-state index is 13.5. The highest BCUT2D eigenvalue weighted by Gasteiger charge is 2.36. The van der Waals surface area contributed by atoms with Crippen molar-refractivity contribution in [3.05, 3.63) is 83.2 Å². The Labute approximate surface area is 289 Å². The number of carbonyl (C=O) groups excluding carboxylic acids is 3. The molecule has 16 heteroatoms. The van der Waals surface area contributed by atoms with Crippen molar-refractivity contribution in [1.29, 1.82) is 0 Å². The summed E-state index contributed by atoms with van der Waals surface area (Å²) in [5, 5.41) is 2.63. The van der Waals surface area contributed by atoms with Gasteiger partial charge in [-0.25, -0.2) is 9.78 Å². The van der Waals surface area contributed by atoms with Gasteiger partial charge in [-0.1, -0.05) is 30.7 Å². The van der Waals surface area contributed by atoms with Crippen LogP contribution in [0.4, 0.5) is 26.3 Å². The van der Waals surface area contributed by atoms with Gasteiger partial charge in [0.25, 0.3) is 5.91 Å². The second-order valence-corrected chi connectivity index (χ2v) is 11.9. The number of nitrogens with one attached hydrogen (secondary N) is 1. The maximum Gasteiger partial charge on any atom is 0.573 e. The first-order valence-electron chi connectivity index (χ1n) is 15.9. The quantitative estimate of drug-likeness (QED) is 0.129. The summed E-state index contributed by atoms with van der Waals surface area (Å²) in [6.07, 6.45) is -7.36. The van der Waals surface area contributed by atoms with E-state index in [0.717, 1.165) is 12.1 Å². The van der Waals surface area contributed by atoms with Crippen LogP contribution in [0.3, 0.4) is 0 Å². The minimum absolute atomic E-state index is 0.111. The summed E-state index contributed by atoms with van der Waals surface area (Å²) in [5.41, 5.74) is 0.173. The van der Waals surface area contributed by atoms with Crippen molar-refractivity contribution < 1.29 is 64.4 Å². The van der Waals surface area contributed by atoms with Crippen LogP contribution < -0.4 is 19.5 Å². The third-order valence-corrected chi connectivity index (χ3v) is 8.34. The second-order valence-electron chi connectivity index (χ2n) is 11.9. The summed E-state index contributed by atoms with van der Waals surface area (Å²) in [4.78, 5) is 42.3. The Balaban J connectivity index is 1.58. The minimum atomic E-state index is -4.87. The van der Waals surface area contributed by atoms with Crippen molar-refractivity contribution in [3.8, 4) is 17.2 Å². The molecule has 3 aromatic rings. The van der Waals surface area contributed by atoms with E-state index in [4.69, 9.17) is 18.9 Å². The number of alkyl halides is 6. The molecule has 51 heavy (non-hydrogen) atoms. The predicted molar refractivity (Wildman–Crippen MR) is 168 cm³/mol. The molecule has 1 aliphatic rings. The van der Waals surface area contributed by atoms with Crippen LogP contribution in [0.1, 0.15) is 60.3 Å². The number of halogens is 6. The smallest absolute Gasteiger partial charge is 0.493 e. The Hall–Kier alpha value is -5.02. The van der Waals surface area contributed by atoms with Crippen molar-refractivity contribution >= 4 is 17.8 Å². The molecule has 4 rings (SSSR count). The number of aromatic nitrogens is 1. The summed E-state index contributed by atoms with van der Waals surface area (Å²) >= 11 is 0. The van der Waals surface area contributed by atoms with Crippen molar-refractivity contribution in [3.63, 3.8) is 0 Å². The van der Waals surface area contributed by atoms with Crippen LogP contribution in [-0.2, 0) is 38.1 Å². The molecule has 0 unspecified atom stereocenters. The fraction of sp³-hybridized carbons (Fsp3) is 0.429. The highest BCUT2D eigenvalue weighted by atomic mass is 19.4. The van der Waals surface area contributed by atoms with E-state index in [9.17, 15) is 40.7 Å². The lowest BCUT2D eigenvalue weighted by atomic mass is 9.77. The monoisotopic (exact) mass is 726 g/mol. The maximum atomic E-state index is 13.5. The summed E-state index contributed by atoms with van der Waals surface area (Å²) in [5.74, 6) is -3.31. The van der Waals surface area contributed by atoms with E-state index in [1.807, 2.05) is 0 Å². The van der Waals surface area contributed by atoms with Gasteiger partial charge >= 0.3 is 24.5 Å². The van der Waals surface area contributed by atoms with Crippen molar-refractivity contribution in [2.45, 2.75) is 70.6 Å². The molecular weight excluding hydrogens is 690 g/mol. The van der Waals surface area contributed by atoms with Gasteiger partial charge in [0, 0.05) is 25.1 Å². The van der Waals surface area contributed by atoms with Gasteiger partial charge in [0.05, 0.1) is 12.7 Å². The third kappa shape index (κ3) is 11.2. The molecule has 0 aliphatic carbocycles. The zero-order valence-corrected chi connectivity index (χ0v) is 27.8. The van der Waals surface area contributed by atoms with E-state index < -0.39 is 66.6 Å². The van der Waals surface area contributed by atoms with E-state index in [0.29, 0.717) is 30.4 Å². The lowest BCUT2D eigenvalue weighted by molar-refractivity contribution is -0.274. The van der Waals surface area contributed by atoms with Crippen LogP contribution in [-0.4, -0.2) is 55.2 Å². The first-order chi connectivity index (χ1) is 24.0. The highest BCUT2D eigenvalue weighted by molar-refractivity contribution is 5.98. The number of methoxy groups -OCH3 is 1. The molecule has 0 saturated carbocycles. The Bertz CT molecular complexity index is 1650. The number of amides is 1. The average Bonchev–Trinajstić information content (AvgIpc) is 3.10. The third-order valence-electron chi connectivity index (χ3n) is 8.34. The van der Waals surface area contributed by atoms with E-state index >= 15 is 0 Å². The molecular formula is C35H36F6N2O8. The first kappa shape index (κ1) is 38.8. The lowest BCUT2D eigenvalue weighted by Crippen LogP contribution is -2.43. The molecule has 1 saturated heterocycles. The lowest BCUT2D eigenvalue weighted by Gasteiger charge is -2.31. The van der Waals surface area contributed by atoms with Crippen LogP contribution in [0.25, 0.3) is 0 Å². The molecule has 1 fully saturated rings. The number of pyridine rings is 1. The Morgan fingerprint density at radius 1 is 0.941 bits per heavy atom. The molecule has 2 aromatic carbocycles. The molecule has 0 spiro atoms. The number of esters is 2. The van der Waals surface area contributed by atoms with Crippen LogP contribution in [0, 0.1) is 11.8 Å². The van der Waals surface area contributed by atoms with Crippen molar-refractivity contribution in [2.75, 3.05) is 13.9 Å². The Morgan fingerprint density at radius 2 is 1.59 bits per heavy atom. The number of nitrogens with zero attached hydrogens (tertiary/aromatic N) is 1. The van der Waals surface area contributed by atoms with Gasteiger partial charge in [-0.15, -0.1) is 13.2 Å². The fourth-order valence-electron chi connectivity index (χ4n) is 5.89. The second kappa shape index (κ2) is 16.8. The molecule has 0 radical (unpaired) electrons. The Morgan fingerprint density at radius 3 is 2.20 bits per heavy atom. The van der Waals surface area contributed by atoms with E-state index in [2.05, 4.69) is 15.0 Å². The van der Waals surface area contributed by atoms with Gasteiger partial charge < -0.3 is 29.0 Å².